The van der Waals surface area contributed by atoms with Gasteiger partial charge in [0, 0.05) is 10.5 Å². The molecule has 0 aliphatic rings. The molecule has 1 nitrogen and oxygen atoms in total. The predicted octanol–water partition coefficient (Wildman–Crippen LogP) is 9.52. The molecule has 32 heavy (non-hydrogen) atoms. The topological polar surface area (TPSA) is 17.1 Å². The Labute approximate surface area is 201 Å². The van der Waals surface area contributed by atoms with E-state index in [0.717, 1.165) is 16.9 Å². The van der Waals surface area contributed by atoms with Crippen LogP contribution in [0.25, 0.3) is 6.08 Å². The van der Waals surface area contributed by atoms with E-state index in [9.17, 15) is 4.79 Å². The van der Waals surface area contributed by atoms with Crippen LogP contribution >= 0.6 is 11.8 Å². The lowest BCUT2D eigenvalue weighted by atomic mass is 9.99. The number of hydrogen-bond donors (Lipinski definition) is 0. The molecule has 0 saturated heterocycles. The number of carbonyl (C=O) groups excluding carboxylic acids is 1. The van der Waals surface area contributed by atoms with Gasteiger partial charge in [-0.2, -0.15) is 0 Å². The van der Waals surface area contributed by atoms with Crippen molar-refractivity contribution in [2.75, 3.05) is 5.75 Å². The van der Waals surface area contributed by atoms with Gasteiger partial charge in [0.15, 0.2) is 5.78 Å². The van der Waals surface area contributed by atoms with E-state index in [2.05, 4.69) is 52.0 Å². The molecule has 2 aromatic rings. The fraction of sp³-hybridized carbons (Fsp3) is 0.500. The first-order chi connectivity index (χ1) is 15.5. The summed E-state index contributed by atoms with van der Waals surface area (Å²) in [5.41, 5.74) is 5.59. The van der Waals surface area contributed by atoms with E-state index in [-0.39, 0.29) is 5.78 Å². The standard InChI is InChI=1S/C30H42OS/c1-5-6-7-8-9-10-11-12-13-14-21-32-28-17-15-27(16-18-28)30(31)20-19-29-25(3)22-24(2)23-26(29)4/h15-20,22-23H,5-14,21H2,1-4H3. The summed E-state index contributed by atoms with van der Waals surface area (Å²) in [4.78, 5) is 13.8. The summed E-state index contributed by atoms with van der Waals surface area (Å²) in [5.74, 6) is 1.23. The van der Waals surface area contributed by atoms with Gasteiger partial charge in [-0.05, 0) is 80.0 Å². The first kappa shape index (κ1) is 26.5. The maximum atomic E-state index is 12.6. The van der Waals surface area contributed by atoms with Gasteiger partial charge in [-0.15, -0.1) is 11.8 Å². The molecule has 0 radical (unpaired) electrons. The Bertz CT molecular complexity index is 825. The fourth-order valence-electron chi connectivity index (χ4n) is 4.20. The van der Waals surface area contributed by atoms with Crippen LogP contribution in [0.3, 0.4) is 0 Å². The molecule has 0 saturated carbocycles. The van der Waals surface area contributed by atoms with Crippen LogP contribution in [0.1, 0.15) is 104 Å². The molecule has 0 unspecified atom stereocenters. The quantitative estimate of drug-likeness (QED) is 0.116. The van der Waals surface area contributed by atoms with E-state index in [1.165, 1.54) is 85.8 Å². The van der Waals surface area contributed by atoms with Gasteiger partial charge in [0.05, 0.1) is 0 Å². The van der Waals surface area contributed by atoms with Crippen LogP contribution in [0.4, 0.5) is 0 Å². The molecule has 0 aliphatic carbocycles. The number of ketones is 1. The molecule has 2 aromatic carbocycles. The van der Waals surface area contributed by atoms with E-state index >= 15 is 0 Å². The van der Waals surface area contributed by atoms with Crippen molar-refractivity contribution in [3.05, 3.63) is 70.3 Å². The van der Waals surface area contributed by atoms with Gasteiger partial charge in [-0.25, -0.2) is 0 Å². The minimum absolute atomic E-state index is 0.0654. The van der Waals surface area contributed by atoms with Gasteiger partial charge in [0.25, 0.3) is 0 Å². The van der Waals surface area contributed by atoms with Crippen molar-refractivity contribution in [3.8, 4) is 0 Å². The molecule has 0 atom stereocenters. The van der Waals surface area contributed by atoms with Gasteiger partial charge in [0.2, 0.25) is 0 Å². The smallest absolute Gasteiger partial charge is 0.185 e. The molecule has 0 heterocycles. The molecule has 0 amide bonds. The minimum atomic E-state index is 0.0654. The van der Waals surface area contributed by atoms with Crippen LogP contribution < -0.4 is 0 Å². The lowest BCUT2D eigenvalue weighted by Crippen LogP contribution is -1.95. The van der Waals surface area contributed by atoms with E-state index in [1.54, 1.807) is 6.08 Å². The van der Waals surface area contributed by atoms with Crippen molar-refractivity contribution in [2.45, 2.75) is 96.8 Å². The average molecular weight is 451 g/mol. The second-order valence-corrected chi connectivity index (χ2v) is 10.2. The number of hydrogen-bond acceptors (Lipinski definition) is 2. The van der Waals surface area contributed by atoms with E-state index in [1.807, 2.05) is 30.0 Å². The van der Waals surface area contributed by atoms with Gasteiger partial charge in [0.1, 0.15) is 0 Å². The molecule has 0 bridgehead atoms. The van der Waals surface area contributed by atoms with Gasteiger partial charge in [-0.1, -0.05) is 88.5 Å². The van der Waals surface area contributed by atoms with E-state index in [4.69, 9.17) is 0 Å². The van der Waals surface area contributed by atoms with Crippen molar-refractivity contribution in [3.63, 3.8) is 0 Å². The highest BCUT2D eigenvalue weighted by Gasteiger charge is 2.05. The van der Waals surface area contributed by atoms with Crippen LogP contribution in [0.5, 0.6) is 0 Å². The molecule has 0 spiro atoms. The number of aryl methyl sites for hydroxylation is 3. The van der Waals surface area contributed by atoms with Crippen LogP contribution in [-0.2, 0) is 0 Å². The number of benzene rings is 2. The van der Waals surface area contributed by atoms with Crippen molar-refractivity contribution >= 4 is 23.6 Å². The Kier molecular flexibility index (Phi) is 12.5. The fourth-order valence-corrected chi connectivity index (χ4v) is 5.12. The average Bonchev–Trinajstić information content (AvgIpc) is 2.77. The third-order valence-corrected chi connectivity index (χ3v) is 7.14. The highest BCUT2D eigenvalue weighted by atomic mass is 32.2. The first-order valence-electron chi connectivity index (χ1n) is 12.5. The van der Waals surface area contributed by atoms with Gasteiger partial charge < -0.3 is 0 Å². The molecule has 0 aromatic heterocycles. The summed E-state index contributed by atoms with van der Waals surface area (Å²) in [6, 6.07) is 12.4. The molecule has 174 valence electrons. The second-order valence-electron chi connectivity index (χ2n) is 9.06. The zero-order valence-corrected chi connectivity index (χ0v) is 21.5. The number of carbonyl (C=O) groups is 1. The Balaban J connectivity index is 1.67. The lowest BCUT2D eigenvalue weighted by molar-refractivity contribution is 0.104. The van der Waals surface area contributed by atoms with Crippen LogP contribution in [0.2, 0.25) is 0 Å². The van der Waals surface area contributed by atoms with Crippen LogP contribution in [0.15, 0.2) is 47.4 Å². The Morgan fingerprint density at radius 2 is 1.31 bits per heavy atom. The minimum Gasteiger partial charge on any atom is -0.289 e. The zero-order valence-electron chi connectivity index (χ0n) is 20.7. The third-order valence-electron chi connectivity index (χ3n) is 6.04. The predicted molar refractivity (Wildman–Crippen MR) is 143 cm³/mol. The van der Waals surface area contributed by atoms with E-state index < -0.39 is 0 Å². The first-order valence-corrected chi connectivity index (χ1v) is 13.5. The van der Waals surface area contributed by atoms with Crippen molar-refractivity contribution in [1.82, 2.24) is 0 Å². The molecule has 2 rings (SSSR count). The van der Waals surface area contributed by atoms with Crippen molar-refractivity contribution in [1.29, 1.82) is 0 Å². The number of thioether (sulfide) groups is 1. The molecule has 0 aliphatic heterocycles. The number of rotatable bonds is 15. The summed E-state index contributed by atoms with van der Waals surface area (Å²) >= 11 is 1.90. The van der Waals surface area contributed by atoms with Crippen molar-refractivity contribution < 1.29 is 4.79 Å². The third kappa shape index (κ3) is 9.77. The lowest BCUT2D eigenvalue weighted by Gasteiger charge is -2.07. The summed E-state index contributed by atoms with van der Waals surface area (Å²) in [7, 11) is 0. The molecule has 0 fully saturated rings. The monoisotopic (exact) mass is 450 g/mol. The summed E-state index contributed by atoms with van der Waals surface area (Å²) in [5, 5.41) is 0. The Hall–Kier alpha value is -1.80. The van der Waals surface area contributed by atoms with Crippen LogP contribution in [0, 0.1) is 20.8 Å². The highest BCUT2D eigenvalue weighted by Crippen LogP contribution is 2.22. The molecular weight excluding hydrogens is 408 g/mol. The molecular formula is C30H42OS. The Morgan fingerprint density at radius 1 is 0.781 bits per heavy atom. The van der Waals surface area contributed by atoms with E-state index in [0.29, 0.717) is 0 Å². The summed E-state index contributed by atoms with van der Waals surface area (Å²) < 4.78 is 0. The second kappa shape index (κ2) is 15.1. The largest absolute Gasteiger partial charge is 0.289 e. The maximum absolute atomic E-state index is 12.6. The summed E-state index contributed by atoms with van der Waals surface area (Å²) in [6.45, 7) is 8.59. The van der Waals surface area contributed by atoms with Crippen LogP contribution in [-0.4, -0.2) is 11.5 Å². The van der Waals surface area contributed by atoms with Crippen molar-refractivity contribution in [2.24, 2.45) is 0 Å². The summed E-state index contributed by atoms with van der Waals surface area (Å²) in [6.07, 6.45) is 17.4. The number of unbranched alkanes of at least 4 members (excludes halogenated alkanes) is 9. The molecule has 2 heteroatoms. The Morgan fingerprint density at radius 3 is 1.88 bits per heavy atom. The number of allylic oxidation sites excluding steroid dienone is 1. The maximum Gasteiger partial charge on any atom is 0.185 e. The SMILES string of the molecule is CCCCCCCCCCCCSc1ccc(C(=O)C=Cc2c(C)cc(C)cc2C)cc1. The molecule has 0 N–H and O–H groups in total. The normalized spacial score (nSPS) is 11.4. The highest BCUT2D eigenvalue weighted by molar-refractivity contribution is 7.99. The van der Waals surface area contributed by atoms with Gasteiger partial charge in [-0.3, -0.25) is 4.79 Å². The zero-order chi connectivity index (χ0) is 23.2. The van der Waals surface area contributed by atoms with Gasteiger partial charge >= 0.3 is 0 Å².